The highest BCUT2D eigenvalue weighted by molar-refractivity contribution is 6.02. The van der Waals surface area contributed by atoms with Crippen molar-refractivity contribution in [2.75, 3.05) is 12.4 Å². The van der Waals surface area contributed by atoms with Crippen LogP contribution in [0.4, 0.5) is 5.82 Å². The van der Waals surface area contributed by atoms with Crippen LogP contribution in [0.2, 0.25) is 0 Å². The monoisotopic (exact) mass is 351 g/mol. The van der Waals surface area contributed by atoms with Gasteiger partial charge in [-0.2, -0.15) is 0 Å². The van der Waals surface area contributed by atoms with Crippen LogP contribution in [0.15, 0.2) is 73.2 Å². The van der Waals surface area contributed by atoms with E-state index in [2.05, 4.69) is 62.7 Å². The predicted molar refractivity (Wildman–Crippen MR) is 110 cm³/mol. The zero-order chi connectivity index (χ0) is 18.2. The second kappa shape index (κ2) is 6.21. The van der Waals surface area contributed by atoms with Gasteiger partial charge in [0.25, 0.3) is 0 Å². The third-order valence-electron chi connectivity index (χ3n) is 4.78. The van der Waals surface area contributed by atoms with Crippen molar-refractivity contribution in [1.82, 2.24) is 19.9 Å². The molecule has 0 aliphatic heterocycles. The molecule has 5 rings (SSSR count). The number of hydrogen-bond donors (Lipinski definition) is 2. The summed E-state index contributed by atoms with van der Waals surface area (Å²) in [6.07, 6.45) is 3.53. The van der Waals surface area contributed by atoms with Gasteiger partial charge < -0.3 is 10.3 Å². The van der Waals surface area contributed by atoms with Gasteiger partial charge in [0.1, 0.15) is 17.8 Å². The third kappa shape index (κ3) is 2.60. The van der Waals surface area contributed by atoms with Gasteiger partial charge in [0, 0.05) is 29.8 Å². The van der Waals surface area contributed by atoms with E-state index in [1.54, 1.807) is 6.33 Å². The van der Waals surface area contributed by atoms with E-state index >= 15 is 0 Å². The number of nitrogens with zero attached hydrogens (tertiary/aromatic N) is 3. The van der Waals surface area contributed by atoms with Crippen molar-refractivity contribution in [2.45, 2.75) is 0 Å². The number of hydrogen-bond acceptors (Lipinski definition) is 4. The smallest absolute Gasteiger partial charge is 0.143 e. The first kappa shape index (κ1) is 15.5. The van der Waals surface area contributed by atoms with Gasteiger partial charge >= 0.3 is 0 Å². The summed E-state index contributed by atoms with van der Waals surface area (Å²) in [6.45, 7) is 0. The molecule has 3 heterocycles. The molecule has 0 spiro atoms. The normalized spacial score (nSPS) is 11.1. The van der Waals surface area contributed by atoms with Gasteiger partial charge in [-0.1, -0.05) is 48.5 Å². The number of rotatable bonds is 3. The average molecular weight is 351 g/mol. The molecule has 5 nitrogen and oxygen atoms in total. The van der Waals surface area contributed by atoms with Crippen molar-refractivity contribution in [2.24, 2.45) is 0 Å². The molecule has 0 saturated heterocycles. The van der Waals surface area contributed by atoms with E-state index in [-0.39, 0.29) is 0 Å². The van der Waals surface area contributed by atoms with Crippen LogP contribution in [0.3, 0.4) is 0 Å². The van der Waals surface area contributed by atoms with Gasteiger partial charge in [-0.25, -0.2) is 15.0 Å². The zero-order valence-corrected chi connectivity index (χ0v) is 14.8. The number of pyridine rings is 1. The maximum Gasteiger partial charge on any atom is 0.143 e. The van der Waals surface area contributed by atoms with Gasteiger partial charge in [0.2, 0.25) is 0 Å². The van der Waals surface area contributed by atoms with E-state index in [1.165, 1.54) is 0 Å². The summed E-state index contributed by atoms with van der Waals surface area (Å²) in [7, 11) is 1.87. The number of aromatic nitrogens is 4. The Balaban J connectivity index is 1.69. The molecule has 5 heteroatoms. The molecule has 2 N–H and O–H groups in total. The van der Waals surface area contributed by atoms with E-state index in [4.69, 9.17) is 4.98 Å². The Morgan fingerprint density at radius 3 is 2.59 bits per heavy atom. The molecule has 0 radical (unpaired) electrons. The molecule has 0 unspecified atom stereocenters. The SMILES string of the molecule is CNc1ncnc2[nH]cc(-c3ccc4ccc(-c5ccccc5)nc4c3)c12. The summed E-state index contributed by atoms with van der Waals surface area (Å²) in [6, 6.07) is 20.8. The van der Waals surface area contributed by atoms with E-state index in [0.717, 1.165) is 50.1 Å². The topological polar surface area (TPSA) is 66.5 Å². The molecule has 2 aromatic carbocycles. The lowest BCUT2D eigenvalue weighted by Crippen LogP contribution is -1.94. The lowest BCUT2D eigenvalue weighted by molar-refractivity contribution is 1.19. The molecule has 5 aromatic rings. The highest BCUT2D eigenvalue weighted by atomic mass is 15.0. The molecule has 0 atom stereocenters. The molecule has 3 aromatic heterocycles. The van der Waals surface area contributed by atoms with Crippen LogP contribution in [0.25, 0.3) is 44.3 Å². The van der Waals surface area contributed by atoms with Crippen LogP contribution in [-0.2, 0) is 0 Å². The van der Waals surface area contributed by atoms with Crippen LogP contribution in [0, 0.1) is 0 Å². The van der Waals surface area contributed by atoms with Crippen molar-refractivity contribution in [1.29, 1.82) is 0 Å². The van der Waals surface area contributed by atoms with Crippen LogP contribution < -0.4 is 5.32 Å². The molecule has 0 amide bonds. The Morgan fingerprint density at radius 1 is 0.889 bits per heavy atom. The summed E-state index contributed by atoms with van der Waals surface area (Å²) in [5.74, 6) is 0.808. The van der Waals surface area contributed by atoms with E-state index < -0.39 is 0 Å². The van der Waals surface area contributed by atoms with Crippen molar-refractivity contribution < 1.29 is 0 Å². The van der Waals surface area contributed by atoms with Crippen molar-refractivity contribution in [3.63, 3.8) is 0 Å². The number of nitrogens with one attached hydrogen (secondary N) is 2. The van der Waals surface area contributed by atoms with Gasteiger partial charge in [-0.15, -0.1) is 0 Å². The number of aromatic amines is 1. The highest BCUT2D eigenvalue weighted by Gasteiger charge is 2.12. The predicted octanol–water partition coefficient (Wildman–Crippen LogP) is 4.88. The first-order chi connectivity index (χ1) is 13.3. The number of benzene rings is 2. The standard InChI is InChI=1S/C22H17N5/c1-23-21-20-17(12-24-22(20)26-13-25-21)16-8-7-15-9-10-18(27-19(15)11-16)14-5-3-2-4-6-14/h2-13H,1H3,(H2,23,24,25,26). The van der Waals surface area contributed by atoms with E-state index in [0.29, 0.717) is 0 Å². The van der Waals surface area contributed by atoms with Crippen molar-refractivity contribution in [3.8, 4) is 22.4 Å². The number of anilines is 1. The largest absolute Gasteiger partial charge is 0.372 e. The minimum absolute atomic E-state index is 0.808. The minimum atomic E-state index is 0.808. The third-order valence-corrected chi connectivity index (χ3v) is 4.78. The van der Waals surface area contributed by atoms with E-state index in [9.17, 15) is 0 Å². The first-order valence-corrected chi connectivity index (χ1v) is 8.80. The van der Waals surface area contributed by atoms with Crippen LogP contribution >= 0.6 is 0 Å². The minimum Gasteiger partial charge on any atom is -0.372 e. The van der Waals surface area contributed by atoms with Crippen LogP contribution in [-0.4, -0.2) is 27.0 Å². The average Bonchev–Trinajstić information content (AvgIpc) is 3.18. The molecule has 27 heavy (non-hydrogen) atoms. The lowest BCUT2D eigenvalue weighted by Gasteiger charge is -2.07. The second-order valence-electron chi connectivity index (χ2n) is 6.37. The van der Waals surface area contributed by atoms with Crippen molar-refractivity contribution in [3.05, 3.63) is 73.2 Å². The van der Waals surface area contributed by atoms with Gasteiger partial charge in [0.05, 0.1) is 16.6 Å². The fraction of sp³-hybridized carbons (Fsp3) is 0.0455. The Morgan fingerprint density at radius 2 is 1.74 bits per heavy atom. The number of fused-ring (bicyclic) bond motifs is 2. The zero-order valence-electron chi connectivity index (χ0n) is 14.8. The van der Waals surface area contributed by atoms with Gasteiger partial charge in [-0.05, 0) is 17.7 Å². The summed E-state index contributed by atoms with van der Waals surface area (Å²) in [5.41, 5.74) is 6.00. The quantitative estimate of drug-likeness (QED) is 0.486. The summed E-state index contributed by atoms with van der Waals surface area (Å²) < 4.78 is 0. The van der Waals surface area contributed by atoms with Crippen LogP contribution in [0.1, 0.15) is 0 Å². The van der Waals surface area contributed by atoms with Crippen molar-refractivity contribution >= 4 is 27.8 Å². The fourth-order valence-electron chi connectivity index (χ4n) is 3.43. The number of H-pyrrole nitrogens is 1. The molecule has 0 fully saturated rings. The van der Waals surface area contributed by atoms with Crippen LogP contribution in [0.5, 0.6) is 0 Å². The Labute approximate surface area is 156 Å². The van der Waals surface area contributed by atoms with Gasteiger partial charge in [-0.3, -0.25) is 0 Å². The second-order valence-corrected chi connectivity index (χ2v) is 6.37. The molecule has 0 bridgehead atoms. The molecule has 130 valence electrons. The molecular formula is C22H17N5. The fourth-order valence-corrected chi connectivity index (χ4v) is 3.43. The summed E-state index contributed by atoms with van der Waals surface area (Å²) >= 11 is 0. The Hall–Kier alpha value is -3.73. The Kier molecular flexibility index (Phi) is 3.57. The first-order valence-electron chi connectivity index (χ1n) is 8.80. The highest BCUT2D eigenvalue weighted by Crippen LogP contribution is 2.33. The molecule has 0 aliphatic rings. The molecular weight excluding hydrogens is 334 g/mol. The van der Waals surface area contributed by atoms with Gasteiger partial charge in [0.15, 0.2) is 0 Å². The molecule has 0 aliphatic carbocycles. The van der Waals surface area contributed by atoms with E-state index in [1.807, 2.05) is 31.4 Å². The molecule has 0 saturated carbocycles. The Bertz CT molecular complexity index is 1260. The summed E-state index contributed by atoms with van der Waals surface area (Å²) in [4.78, 5) is 16.8. The summed E-state index contributed by atoms with van der Waals surface area (Å²) in [5, 5.41) is 5.25. The lowest BCUT2D eigenvalue weighted by atomic mass is 10.0. The maximum absolute atomic E-state index is 4.88. The maximum atomic E-state index is 4.88.